The Morgan fingerprint density at radius 3 is 2.71 bits per heavy atom. The second-order valence-corrected chi connectivity index (χ2v) is 5.77. The van der Waals surface area contributed by atoms with Crippen molar-refractivity contribution in [3.05, 3.63) is 39.3 Å². The molecule has 0 unspecified atom stereocenters. The molecule has 0 fully saturated rings. The Morgan fingerprint density at radius 1 is 1.38 bits per heavy atom. The summed E-state index contributed by atoms with van der Waals surface area (Å²) in [5.41, 5.74) is -0.438. The standard InChI is InChI=1S/C13H12ClF3N2OS/c1-2-20-11-4-3-8(13(15,16)17)5-10(11)18-6-9-7-19-12(14)21-9/h3-5,7,18H,2,6H2,1H3. The Labute approximate surface area is 128 Å². The second kappa shape index (κ2) is 6.53. The molecular formula is C13H12ClF3N2OS. The Hall–Kier alpha value is -1.47. The monoisotopic (exact) mass is 336 g/mol. The molecular weight excluding hydrogens is 325 g/mol. The van der Waals surface area contributed by atoms with Crippen LogP contribution >= 0.6 is 22.9 Å². The first kappa shape index (κ1) is 15.9. The van der Waals surface area contributed by atoms with Crippen LogP contribution in [0.3, 0.4) is 0 Å². The third kappa shape index (κ3) is 4.25. The van der Waals surface area contributed by atoms with Crippen LogP contribution in [0, 0.1) is 0 Å². The highest BCUT2D eigenvalue weighted by molar-refractivity contribution is 7.15. The lowest BCUT2D eigenvalue weighted by molar-refractivity contribution is -0.137. The first-order valence-corrected chi connectivity index (χ1v) is 7.27. The smallest absolute Gasteiger partial charge is 0.416 e. The van der Waals surface area contributed by atoms with Gasteiger partial charge in [-0.2, -0.15) is 13.2 Å². The van der Waals surface area contributed by atoms with Crippen LogP contribution in [0.2, 0.25) is 4.47 Å². The molecule has 0 bridgehead atoms. The van der Waals surface area contributed by atoms with Crippen LogP contribution in [0.1, 0.15) is 17.4 Å². The molecule has 0 aliphatic carbocycles. The van der Waals surface area contributed by atoms with Crippen LogP contribution in [-0.4, -0.2) is 11.6 Å². The number of benzene rings is 1. The van der Waals surface area contributed by atoms with E-state index in [0.717, 1.165) is 17.0 Å². The van der Waals surface area contributed by atoms with Gasteiger partial charge >= 0.3 is 6.18 Å². The third-order valence-electron chi connectivity index (χ3n) is 2.59. The fourth-order valence-electron chi connectivity index (χ4n) is 1.67. The number of hydrogen-bond donors (Lipinski definition) is 1. The van der Waals surface area contributed by atoms with Crippen molar-refractivity contribution >= 4 is 28.6 Å². The summed E-state index contributed by atoms with van der Waals surface area (Å²) >= 11 is 6.98. The Morgan fingerprint density at radius 2 is 2.14 bits per heavy atom. The van der Waals surface area contributed by atoms with Gasteiger partial charge in [0.2, 0.25) is 0 Å². The topological polar surface area (TPSA) is 34.1 Å². The molecule has 0 atom stereocenters. The first-order valence-electron chi connectivity index (χ1n) is 6.08. The maximum absolute atomic E-state index is 12.8. The van der Waals surface area contributed by atoms with E-state index >= 15 is 0 Å². The lowest BCUT2D eigenvalue weighted by Gasteiger charge is -2.14. The number of thiazole rings is 1. The molecule has 1 aromatic carbocycles. The van der Waals surface area contributed by atoms with Crippen LogP contribution in [0.25, 0.3) is 0 Å². The van der Waals surface area contributed by atoms with Crippen LogP contribution in [0.15, 0.2) is 24.4 Å². The molecule has 2 rings (SSSR count). The van der Waals surface area contributed by atoms with E-state index in [1.165, 1.54) is 17.4 Å². The molecule has 2 aromatic rings. The molecule has 1 N–H and O–H groups in total. The largest absolute Gasteiger partial charge is 0.492 e. The van der Waals surface area contributed by atoms with Crippen molar-refractivity contribution in [1.82, 2.24) is 4.98 Å². The zero-order chi connectivity index (χ0) is 15.5. The van der Waals surface area contributed by atoms with E-state index in [0.29, 0.717) is 23.4 Å². The normalized spacial score (nSPS) is 11.5. The van der Waals surface area contributed by atoms with Gasteiger partial charge in [-0.15, -0.1) is 11.3 Å². The summed E-state index contributed by atoms with van der Waals surface area (Å²) in [6, 6.07) is 3.35. The van der Waals surface area contributed by atoms with Gasteiger partial charge in [0, 0.05) is 11.1 Å². The van der Waals surface area contributed by atoms with Gasteiger partial charge in [0.05, 0.1) is 24.4 Å². The first-order chi connectivity index (χ1) is 9.90. The van der Waals surface area contributed by atoms with Gasteiger partial charge in [0.15, 0.2) is 4.47 Å². The minimum absolute atomic E-state index is 0.288. The van der Waals surface area contributed by atoms with Crippen molar-refractivity contribution in [2.24, 2.45) is 0 Å². The summed E-state index contributed by atoms with van der Waals surface area (Å²) in [4.78, 5) is 4.70. The molecule has 8 heteroatoms. The van der Waals surface area contributed by atoms with E-state index in [9.17, 15) is 13.2 Å². The number of nitrogens with one attached hydrogen (secondary N) is 1. The van der Waals surface area contributed by atoms with Crippen molar-refractivity contribution < 1.29 is 17.9 Å². The number of halogens is 4. The number of ether oxygens (including phenoxy) is 1. The fraction of sp³-hybridized carbons (Fsp3) is 0.308. The second-order valence-electron chi connectivity index (χ2n) is 4.07. The van der Waals surface area contributed by atoms with Gasteiger partial charge in [-0.05, 0) is 25.1 Å². The molecule has 0 saturated heterocycles. The van der Waals surface area contributed by atoms with Crippen LogP contribution < -0.4 is 10.1 Å². The maximum atomic E-state index is 12.8. The van der Waals surface area contributed by atoms with Crippen molar-refractivity contribution in [1.29, 1.82) is 0 Å². The number of aromatic nitrogens is 1. The van der Waals surface area contributed by atoms with Crippen molar-refractivity contribution in [3.8, 4) is 5.75 Å². The predicted molar refractivity (Wildman–Crippen MR) is 77.1 cm³/mol. The molecule has 0 amide bonds. The number of anilines is 1. The Bertz CT molecular complexity index is 616. The molecule has 0 aliphatic rings. The molecule has 3 nitrogen and oxygen atoms in total. The Kier molecular flexibility index (Phi) is 4.95. The number of rotatable bonds is 5. The van der Waals surface area contributed by atoms with Crippen LogP contribution in [0.4, 0.5) is 18.9 Å². The Balaban J connectivity index is 2.21. The minimum Gasteiger partial charge on any atom is -0.492 e. The highest BCUT2D eigenvalue weighted by Gasteiger charge is 2.31. The van der Waals surface area contributed by atoms with Gasteiger partial charge in [-0.25, -0.2) is 4.98 Å². The van der Waals surface area contributed by atoms with Gasteiger partial charge < -0.3 is 10.1 Å². The van der Waals surface area contributed by atoms with E-state index in [4.69, 9.17) is 16.3 Å². The average molecular weight is 337 g/mol. The zero-order valence-electron chi connectivity index (χ0n) is 11.0. The molecule has 1 heterocycles. The van der Waals surface area contributed by atoms with E-state index < -0.39 is 11.7 Å². The summed E-state index contributed by atoms with van der Waals surface area (Å²) in [6.45, 7) is 2.46. The van der Waals surface area contributed by atoms with E-state index in [-0.39, 0.29) is 5.69 Å². The lowest BCUT2D eigenvalue weighted by Crippen LogP contribution is -2.08. The molecule has 21 heavy (non-hydrogen) atoms. The van der Waals surface area contributed by atoms with Crippen molar-refractivity contribution in [2.45, 2.75) is 19.6 Å². The summed E-state index contributed by atoms with van der Waals surface area (Å²) in [6.07, 6.45) is -2.82. The van der Waals surface area contributed by atoms with Crippen LogP contribution in [0.5, 0.6) is 5.75 Å². The highest BCUT2D eigenvalue weighted by Crippen LogP contribution is 2.35. The molecule has 0 radical (unpaired) electrons. The summed E-state index contributed by atoms with van der Waals surface area (Å²) in [5, 5.41) is 2.93. The minimum atomic E-state index is -4.39. The van der Waals surface area contributed by atoms with E-state index in [1.54, 1.807) is 13.1 Å². The molecule has 0 aliphatic heterocycles. The molecule has 1 aromatic heterocycles. The van der Waals surface area contributed by atoms with E-state index in [1.807, 2.05) is 0 Å². The summed E-state index contributed by atoms with van der Waals surface area (Å²) in [7, 11) is 0. The fourth-order valence-corrected chi connectivity index (χ4v) is 2.59. The number of hydrogen-bond acceptors (Lipinski definition) is 4. The van der Waals surface area contributed by atoms with Crippen LogP contribution in [-0.2, 0) is 12.7 Å². The molecule has 114 valence electrons. The van der Waals surface area contributed by atoms with Gasteiger partial charge in [0.25, 0.3) is 0 Å². The van der Waals surface area contributed by atoms with Gasteiger partial charge in [-0.1, -0.05) is 11.6 Å². The highest BCUT2D eigenvalue weighted by atomic mass is 35.5. The van der Waals surface area contributed by atoms with Crippen molar-refractivity contribution in [2.75, 3.05) is 11.9 Å². The third-order valence-corrected chi connectivity index (χ3v) is 3.70. The van der Waals surface area contributed by atoms with Gasteiger partial charge in [-0.3, -0.25) is 0 Å². The van der Waals surface area contributed by atoms with Crippen molar-refractivity contribution in [3.63, 3.8) is 0 Å². The zero-order valence-corrected chi connectivity index (χ0v) is 12.6. The van der Waals surface area contributed by atoms with Gasteiger partial charge in [0.1, 0.15) is 5.75 Å². The SMILES string of the molecule is CCOc1ccc(C(F)(F)F)cc1NCc1cnc(Cl)s1. The molecule has 0 saturated carbocycles. The number of nitrogens with zero attached hydrogens (tertiary/aromatic N) is 1. The van der Waals surface area contributed by atoms with E-state index in [2.05, 4.69) is 10.3 Å². The summed E-state index contributed by atoms with van der Waals surface area (Å²) < 4.78 is 44.0. The summed E-state index contributed by atoms with van der Waals surface area (Å²) in [5.74, 6) is 0.376. The quantitative estimate of drug-likeness (QED) is 0.849. The maximum Gasteiger partial charge on any atom is 0.416 e. The number of alkyl halides is 3. The predicted octanol–water partition coefficient (Wildman–Crippen LogP) is 4.83. The lowest BCUT2D eigenvalue weighted by atomic mass is 10.1. The average Bonchev–Trinajstić information content (AvgIpc) is 2.82. The molecule has 0 spiro atoms.